The summed E-state index contributed by atoms with van der Waals surface area (Å²) in [5, 5.41) is 3.73. The van der Waals surface area contributed by atoms with E-state index in [1.807, 2.05) is 6.07 Å². The van der Waals surface area contributed by atoms with Crippen molar-refractivity contribution in [1.82, 2.24) is 10.2 Å². The number of likely N-dealkylation sites (N-methyl/N-ethyl adjacent to an activating group) is 1. The molecular formula is C15H24N2O. The Morgan fingerprint density at radius 3 is 2.67 bits per heavy atom. The lowest BCUT2D eigenvalue weighted by molar-refractivity contribution is 0.185. The van der Waals surface area contributed by atoms with Crippen molar-refractivity contribution in [2.45, 2.75) is 24.8 Å². The quantitative estimate of drug-likeness (QED) is 0.884. The van der Waals surface area contributed by atoms with Crippen molar-refractivity contribution in [2.24, 2.45) is 0 Å². The van der Waals surface area contributed by atoms with Crippen molar-refractivity contribution < 1.29 is 4.74 Å². The molecule has 1 atom stereocenters. The summed E-state index contributed by atoms with van der Waals surface area (Å²) in [5.41, 5.74) is 1.33. The number of methoxy groups -OCH3 is 1. The average Bonchev–Trinajstić information content (AvgIpc) is 2.39. The van der Waals surface area contributed by atoms with E-state index in [9.17, 15) is 0 Å². The lowest BCUT2D eigenvalue weighted by Gasteiger charge is -2.41. The number of nitrogens with one attached hydrogen (secondary N) is 1. The van der Waals surface area contributed by atoms with Gasteiger partial charge in [0.25, 0.3) is 0 Å². The molecule has 3 nitrogen and oxygen atoms in total. The molecule has 0 amide bonds. The van der Waals surface area contributed by atoms with E-state index in [1.165, 1.54) is 24.8 Å². The second-order valence-corrected chi connectivity index (χ2v) is 5.40. The topological polar surface area (TPSA) is 24.5 Å². The van der Waals surface area contributed by atoms with Crippen LogP contribution in [0.1, 0.15) is 24.8 Å². The fourth-order valence-electron chi connectivity index (χ4n) is 3.00. The highest BCUT2D eigenvalue weighted by molar-refractivity contribution is 5.40. The van der Waals surface area contributed by atoms with Crippen molar-refractivity contribution in [3.63, 3.8) is 0 Å². The number of hydrogen-bond acceptors (Lipinski definition) is 3. The van der Waals surface area contributed by atoms with Crippen molar-refractivity contribution in [3.8, 4) is 5.75 Å². The highest BCUT2D eigenvalue weighted by Crippen LogP contribution is 2.36. The van der Waals surface area contributed by atoms with Crippen LogP contribution in [0.25, 0.3) is 0 Å². The molecule has 0 bridgehead atoms. The van der Waals surface area contributed by atoms with Crippen molar-refractivity contribution in [2.75, 3.05) is 34.3 Å². The average molecular weight is 248 g/mol. The largest absolute Gasteiger partial charge is 0.496 e. The number of piperidine rings is 1. The first-order valence-electron chi connectivity index (χ1n) is 6.71. The van der Waals surface area contributed by atoms with E-state index in [0.717, 1.165) is 18.8 Å². The first-order chi connectivity index (χ1) is 8.68. The predicted octanol–water partition coefficient (Wildman–Crippen LogP) is 2.23. The van der Waals surface area contributed by atoms with Gasteiger partial charge in [-0.1, -0.05) is 18.2 Å². The molecule has 1 heterocycles. The van der Waals surface area contributed by atoms with Gasteiger partial charge in [0.1, 0.15) is 5.75 Å². The fraction of sp³-hybridized carbons (Fsp3) is 0.600. The molecule has 0 spiro atoms. The van der Waals surface area contributed by atoms with Crippen LogP contribution in [-0.2, 0) is 5.54 Å². The van der Waals surface area contributed by atoms with Gasteiger partial charge in [0, 0.05) is 12.1 Å². The lowest BCUT2D eigenvalue weighted by Crippen LogP contribution is -2.52. The van der Waals surface area contributed by atoms with Crippen LogP contribution in [0.15, 0.2) is 24.3 Å². The first kappa shape index (κ1) is 13.4. The van der Waals surface area contributed by atoms with Gasteiger partial charge < -0.3 is 15.0 Å². The van der Waals surface area contributed by atoms with Gasteiger partial charge in [0.15, 0.2) is 0 Å². The maximum atomic E-state index is 5.55. The second kappa shape index (κ2) is 5.72. The minimum absolute atomic E-state index is 0.0361. The molecule has 18 heavy (non-hydrogen) atoms. The van der Waals surface area contributed by atoms with Gasteiger partial charge in [-0.25, -0.2) is 0 Å². The van der Waals surface area contributed by atoms with Gasteiger partial charge in [-0.2, -0.15) is 0 Å². The Bertz CT molecular complexity index is 384. The number of benzene rings is 1. The Balaban J connectivity index is 2.38. The molecule has 3 heteroatoms. The van der Waals surface area contributed by atoms with Crippen LogP contribution in [0.4, 0.5) is 0 Å². The molecule has 0 radical (unpaired) electrons. The van der Waals surface area contributed by atoms with Crippen LogP contribution < -0.4 is 10.1 Å². The molecule has 1 aliphatic heterocycles. The Hall–Kier alpha value is -1.06. The zero-order valence-electron chi connectivity index (χ0n) is 11.7. The van der Waals surface area contributed by atoms with Crippen molar-refractivity contribution in [3.05, 3.63) is 29.8 Å². The fourth-order valence-corrected chi connectivity index (χ4v) is 3.00. The third kappa shape index (κ3) is 2.68. The molecule has 1 aliphatic rings. The number of hydrogen-bond donors (Lipinski definition) is 1. The number of ether oxygens (including phenoxy) is 1. The zero-order valence-corrected chi connectivity index (χ0v) is 11.7. The van der Waals surface area contributed by atoms with Crippen molar-refractivity contribution in [1.29, 1.82) is 0 Å². The molecule has 0 aliphatic carbocycles. The number of rotatable bonds is 4. The Morgan fingerprint density at radius 1 is 1.28 bits per heavy atom. The van der Waals surface area contributed by atoms with Crippen LogP contribution in [0, 0.1) is 0 Å². The third-order valence-corrected chi connectivity index (χ3v) is 3.70. The number of nitrogens with zero attached hydrogens (tertiary/aromatic N) is 1. The van der Waals surface area contributed by atoms with Gasteiger partial charge in [-0.3, -0.25) is 0 Å². The molecule has 1 fully saturated rings. The first-order valence-corrected chi connectivity index (χ1v) is 6.71. The molecule has 1 N–H and O–H groups in total. The molecule has 0 saturated carbocycles. The maximum absolute atomic E-state index is 5.55. The molecule has 2 rings (SSSR count). The van der Waals surface area contributed by atoms with E-state index in [0.29, 0.717) is 0 Å². The monoisotopic (exact) mass is 248 g/mol. The molecule has 1 aromatic rings. The molecule has 100 valence electrons. The van der Waals surface area contributed by atoms with Crippen LogP contribution in [-0.4, -0.2) is 39.2 Å². The molecular weight excluding hydrogens is 224 g/mol. The summed E-state index contributed by atoms with van der Waals surface area (Å²) in [5.74, 6) is 0.994. The van der Waals surface area contributed by atoms with E-state index < -0.39 is 0 Å². The molecule has 1 aromatic carbocycles. The zero-order chi connectivity index (χ0) is 13.0. The van der Waals surface area contributed by atoms with E-state index in [2.05, 4.69) is 42.5 Å². The summed E-state index contributed by atoms with van der Waals surface area (Å²) in [6.07, 6.45) is 3.72. The second-order valence-electron chi connectivity index (χ2n) is 5.40. The van der Waals surface area contributed by atoms with Gasteiger partial charge in [-0.15, -0.1) is 0 Å². The van der Waals surface area contributed by atoms with Gasteiger partial charge in [-0.05, 0) is 46.0 Å². The highest BCUT2D eigenvalue weighted by Gasteiger charge is 2.36. The van der Waals surface area contributed by atoms with Gasteiger partial charge in [0.2, 0.25) is 0 Å². The number of para-hydroxylation sites is 1. The molecule has 0 aromatic heterocycles. The third-order valence-electron chi connectivity index (χ3n) is 3.70. The van der Waals surface area contributed by atoms with Crippen LogP contribution in [0.2, 0.25) is 0 Å². The van der Waals surface area contributed by atoms with Crippen LogP contribution >= 0.6 is 0 Å². The van der Waals surface area contributed by atoms with Gasteiger partial charge in [0.05, 0.1) is 12.6 Å². The smallest absolute Gasteiger partial charge is 0.123 e. The Labute approximate surface area is 110 Å². The summed E-state index contributed by atoms with van der Waals surface area (Å²) in [4.78, 5) is 2.25. The van der Waals surface area contributed by atoms with Crippen LogP contribution in [0.5, 0.6) is 5.75 Å². The maximum Gasteiger partial charge on any atom is 0.123 e. The Morgan fingerprint density at radius 2 is 2.06 bits per heavy atom. The lowest BCUT2D eigenvalue weighted by atomic mass is 9.81. The highest BCUT2D eigenvalue weighted by atomic mass is 16.5. The SMILES string of the molecule is COc1ccccc1C1(CN(C)C)CCCCN1. The standard InChI is InChI=1S/C15H24N2O/c1-17(2)12-15(10-6-7-11-16-15)13-8-4-5-9-14(13)18-3/h4-5,8-9,16H,6-7,10-12H2,1-3H3. The molecule has 1 unspecified atom stereocenters. The normalized spacial score (nSPS) is 24.2. The predicted molar refractivity (Wildman–Crippen MR) is 75.1 cm³/mol. The molecule has 1 saturated heterocycles. The summed E-state index contributed by atoms with van der Waals surface area (Å²) in [6, 6.07) is 8.39. The van der Waals surface area contributed by atoms with Crippen molar-refractivity contribution >= 4 is 0 Å². The Kier molecular flexibility index (Phi) is 4.25. The van der Waals surface area contributed by atoms with E-state index >= 15 is 0 Å². The minimum Gasteiger partial charge on any atom is -0.496 e. The summed E-state index contributed by atoms with van der Waals surface area (Å²) < 4.78 is 5.55. The van der Waals surface area contributed by atoms with Gasteiger partial charge >= 0.3 is 0 Å². The van der Waals surface area contributed by atoms with E-state index in [1.54, 1.807) is 7.11 Å². The van der Waals surface area contributed by atoms with Crippen LogP contribution in [0.3, 0.4) is 0 Å². The summed E-state index contributed by atoms with van der Waals surface area (Å²) in [6.45, 7) is 2.10. The minimum atomic E-state index is 0.0361. The van der Waals surface area contributed by atoms with E-state index in [4.69, 9.17) is 4.74 Å². The van der Waals surface area contributed by atoms with E-state index in [-0.39, 0.29) is 5.54 Å². The summed E-state index contributed by atoms with van der Waals surface area (Å²) >= 11 is 0. The summed E-state index contributed by atoms with van der Waals surface area (Å²) in [7, 11) is 6.02.